The molecule has 2 heterocycles. The number of hydrogen-bond donors (Lipinski definition) is 1. The van der Waals surface area contributed by atoms with Gasteiger partial charge in [-0.2, -0.15) is 0 Å². The number of nitrogens with zero attached hydrogens (tertiary/aromatic N) is 2. The van der Waals surface area contributed by atoms with Gasteiger partial charge in [-0.1, -0.05) is 23.7 Å². The molecule has 128 valence electrons. The molecule has 0 radical (unpaired) electrons. The van der Waals surface area contributed by atoms with E-state index in [0.29, 0.717) is 5.92 Å². The van der Waals surface area contributed by atoms with E-state index in [0.717, 1.165) is 58.7 Å². The first-order valence-electron chi connectivity index (χ1n) is 8.36. The molecule has 1 aliphatic heterocycles. The van der Waals surface area contributed by atoms with E-state index in [1.807, 2.05) is 48.5 Å². The lowest BCUT2D eigenvalue weighted by atomic mass is 9.97. The summed E-state index contributed by atoms with van der Waals surface area (Å²) in [5.74, 6) is 1.19. The van der Waals surface area contributed by atoms with E-state index in [2.05, 4.69) is 15.2 Å². The number of aromatic nitrogens is 1. The van der Waals surface area contributed by atoms with Crippen molar-refractivity contribution in [1.82, 2.24) is 9.88 Å². The van der Waals surface area contributed by atoms with Crippen molar-refractivity contribution in [3.05, 3.63) is 59.4 Å². The second-order valence-corrected chi connectivity index (χ2v) is 7.04. The van der Waals surface area contributed by atoms with E-state index in [4.69, 9.17) is 28.2 Å². The second kappa shape index (κ2) is 7.02. The van der Waals surface area contributed by atoms with E-state index in [9.17, 15) is 0 Å². The maximum absolute atomic E-state index is 5.92. The van der Waals surface area contributed by atoms with Gasteiger partial charge in [-0.25, -0.2) is 4.98 Å². The first-order valence-corrected chi connectivity index (χ1v) is 9.14. The quantitative estimate of drug-likeness (QED) is 0.638. The molecule has 4 nitrogen and oxygen atoms in total. The summed E-state index contributed by atoms with van der Waals surface area (Å²) < 4.78 is 5.92. The Morgan fingerprint density at radius 2 is 1.84 bits per heavy atom. The maximum atomic E-state index is 5.92. The highest BCUT2D eigenvalue weighted by molar-refractivity contribution is 7.80. The third-order valence-electron chi connectivity index (χ3n) is 4.54. The van der Waals surface area contributed by atoms with Crippen LogP contribution in [0.15, 0.2) is 52.9 Å². The number of hydrogen-bond acceptors (Lipinski definition) is 3. The number of oxazole rings is 1. The first-order chi connectivity index (χ1) is 12.2. The van der Waals surface area contributed by atoms with E-state index in [-0.39, 0.29) is 0 Å². The molecule has 1 aliphatic rings. The number of thiocarbonyl (C=S) groups is 1. The van der Waals surface area contributed by atoms with Gasteiger partial charge in [-0.15, -0.1) is 0 Å². The molecule has 1 saturated heterocycles. The van der Waals surface area contributed by atoms with Gasteiger partial charge in [0.15, 0.2) is 16.6 Å². The van der Waals surface area contributed by atoms with Crippen LogP contribution in [0.5, 0.6) is 0 Å². The molecule has 1 aromatic heterocycles. The molecule has 0 aliphatic carbocycles. The Balaban J connectivity index is 1.37. The van der Waals surface area contributed by atoms with Crippen LogP contribution in [0.4, 0.5) is 5.69 Å². The standard InChI is InChI=1S/C19H18ClN3OS/c20-14-5-7-15(8-6-14)21-19(25)23-11-9-13(10-12-23)18-22-16-3-1-2-4-17(16)24-18/h1-8,13H,9-12H2,(H,21,25). The van der Waals surface area contributed by atoms with Gasteiger partial charge in [-0.05, 0) is 61.5 Å². The SMILES string of the molecule is S=C(Nc1ccc(Cl)cc1)N1CCC(c2nc3ccccc3o2)CC1. The third kappa shape index (κ3) is 3.62. The highest BCUT2D eigenvalue weighted by Gasteiger charge is 2.25. The fourth-order valence-electron chi connectivity index (χ4n) is 3.13. The van der Waals surface area contributed by atoms with E-state index in [1.54, 1.807) is 0 Å². The highest BCUT2D eigenvalue weighted by atomic mass is 35.5. The van der Waals surface area contributed by atoms with Crippen LogP contribution in [0.2, 0.25) is 5.02 Å². The molecule has 4 rings (SSSR count). The van der Waals surface area contributed by atoms with Crippen molar-refractivity contribution in [3.8, 4) is 0 Å². The van der Waals surface area contributed by atoms with Crippen molar-refractivity contribution in [2.45, 2.75) is 18.8 Å². The number of nitrogens with one attached hydrogen (secondary N) is 1. The summed E-state index contributed by atoms with van der Waals surface area (Å²) in [6, 6.07) is 15.5. The number of para-hydroxylation sites is 2. The van der Waals surface area contributed by atoms with Crippen LogP contribution >= 0.6 is 23.8 Å². The van der Waals surface area contributed by atoms with Crippen molar-refractivity contribution >= 4 is 45.7 Å². The topological polar surface area (TPSA) is 41.3 Å². The van der Waals surface area contributed by atoms with Crippen molar-refractivity contribution < 1.29 is 4.42 Å². The lowest BCUT2D eigenvalue weighted by molar-refractivity contribution is 0.290. The van der Waals surface area contributed by atoms with Crippen LogP contribution in [-0.2, 0) is 0 Å². The van der Waals surface area contributed by atoms with Crippen LogP contribution < -0.4 is 5.32 Å². The Hall–Kier alpha value is -2.11. The van der Waals surface area contributed by atoms with Crippen molar-refractivity contribution in [2.75, 3.05) is 18.4 Å². The average Bonchev–Trinajstić information content (AvgIpc) is 3.08. The molecule has 25 heavy (non-hydrogen) atoms. The zero-order valence-electron chi connectivity index (χ0n) is 13.6. The molecule has 0 saturated carbocycles. The lowest BCUT2D eigenvalue weighted by Gasteiger charge is -2.32. The molecular weight excluding hydrogens is 354 g/mol. The van der Waals surface area contributed by atoms with Crippen molar-refractivity contribution in [3.63, 3.8) is 0 Å². The van der Waals surface area contributed by atoms with Crippen molar-refractivity contribution in [1.29, 1.82) is 0 Å². The minimum absolute atomic E-state index is 0.349. The second-order valence-electron chi connectivity index (χ2n) is 6.22. The summed E-state index contributed by atoms with van der Waals surface area (Å²) in [6.07, 6.45) is 1.96. The number of fused-ring (bicyclic) bond motifs is 1. The smallest absolute Gasteiger partial charge is 0.198 e. The number of likely N-dealkylation sites (tertiary alicyclic amines) is 1. The fraction of sp³-hybridized carbons (Fsp3) is 0.263. The van der Waals surface area contributed by atoms with Gasteiger partial charge in [0.25, 0.3) is 0 Å². The van der Waals surface area contributed by atoms with Gasteiger partial charge in [0.2, 0.25) is 0 Å². The number of anilines is 1. The number of rotatable bonds is 2. The molecule has 6 heteroatoms. The predicted molar refractivity (Wildman–Crippen MR) is 105 cm³/mol. The zero-order chi connectivity index (χ0) is 17.2. The molecule has 1 N–H and O–H groups in total. The Morgan fingerprint density at radius 3 is 2.56 bits per heavy atom. The molecule has 0 bridgehead atoms. The Morgan fingerprint density at radius 1 is 1.12 bits per heavy atom. The van der Waals surface area contributed by atoms with Crippen LogP contribution in [0.3, 0.4) is 0 Å². The Kier molecular flexibility index (Phi) is 4.59. The summed E-state index contributed by atoms with van der Waals surface area (Å²) in [6.45, 7) is 1.78. The van der Waals surface area contributed by atoms with Gasteiger partial charge >= 0.3 is 0 Å². The third-order valence-corrected chi connectivity index (χ3v) is 5.15. The molecule has 2 aromatic carbocycles. The van der Waals surface area contributed by atoms with E-state index >= 15 is 0 Å². The molecule has 0 atom stereocenters. The van der Waals surface area contributed by atoms with Gasteiger partial charge < -0.3 is 14.6 Å². The average molecular weight is 372 g/mol. The summed E-state index contributed by atoms with van der Waals surface area (Å²) in [7, 11) is 0. The van der Waals surface area contributed by atoms with Crippen LogP contribution in [0, 0.1) is 0 Å². The maximum Gasteiger partial charge on any atom is 0.198 e. The monoisotopic (exact) mass is 371 g/mol. The molecule has 0 unspecified atom stereocenters. The van der Waals surface area contributed by atoms with Crippen LogP contribution in [0.25, 0.3) is 11.1 Å². The normalized spacial score (nSPS) is 15.5. The minimum atomic E-state index is 0.349. The first kappa shape index (κ1) is 16.4. The van der Waals surface area contributed by atoms with Crippen LogP contribution in [-0.4, -0.2) is 28.1 Å². The number of benzene rings is 2. The van der Waals surface area contributed by atoms with Gasteiger partial charge in [0.1, 0.15) is 5.52 Å². The Bertz CT molecular complexity index is 852. The number of piperidine rings is 1. The fourth-order valence-corrected chi connectivity index (χ4v) is 3.56. The summed E-state index contributed by atoms with van der Waals surface area (Å²) in [5, 5.41) is 4.74. The van der Waals surface area contributed by atoms with Crippen LogP contribution in [0.1, 0.15) is 24.7 Å². The summed E-state index contributed by atoms with van der Waals surface area (Å²) >= 11 is 11.5. The highest BCUT2D eigenvalue weighted by Crippen LogP contribution is 2.30. The predicted octanol–water partition coefficient (Wildman–Crippen LogP) is 5.06. The zero-order valence-corrected chi connectivity index (χ0v) is 15.2. The van der Waals surface area contributed by atoms with Gasteiger partial charge in [0.05, 0.1) is 0 Å². The van der Waals surface area contributed by atoms with E-state index in [1.165, 1.54) is 0 Å². The molecule has 0 amide bonds. The molecule has 1 fully saturated rings. The Labute approximate surface area is 156 Å². The van der Waals surface area contributed by atoms with Gasteiger partial charge in [0, 0.05) is 29.7 Å². The lowest BCUT2D eigenvalue weighted by Crippen LogP contribution is -2.40. The molecule has 0 spiro atoms. The summed E-state index contributed by atoms with van der Waals surface area (Å²) in [4.78, 5) is 6.83. The minimum Gasteiger partial charge on any atom is -0.440 e. The molecule has 3 aromatic rings. The summed E-state index contributed by atoms with van der Waals surface area (Å²) in [5.41, 5.74) is 2.75. The molecular formula is C19H18ClN3OS. The van der Waals surface area contributed by atoms with E-state index < -0.39 is 0 Å². The number of halogens is 1. The largest absolute Gasteiger partial charge is 0.440 e. The van der Waals surface area contributed by atoms with Crippen molar-refractivity contribution in [2.24, 2.45) is 0 Å². The van der Waals surface area contributed by atoms with Gasteiger partial charge in [-0.3, -0.25) is 0 Å².